The van der Waals surface area contributed by atoms with Crippen molar-refractivity contribution in [2.75, 3.05) is 13.2 Å². The van der Waals surface area contributed by atoms with Crippen LogP contribution < -0.4 is 0 Å². The lowest BCUT2D eigenvalue weighted by Crippen LogP contribution is -2.04. The molecule has 0 atom stereocenters. The maximum atomic E-state index is 5.47. The number of fused-ring (bicyclic) bond motifs is 3. The van der Waals surface area contributed by atoms with Crippen LogP contribution in [-0.2, 0) is 4.74 Å². The van der Waals surface area contributed by atoms with Crippen molar-refractivity contribution < 1.29 is 4.74 Å². The van der Waals surface area contributed by atoms with Crippen LogP contribution >= 0.6 is 0 Å². The van der Waals surface area contributed by atoms with Gasteiger partial charge in [-0.15, -0.1) is 0 Å². The molecule has 4 rings (SSSR count). The molecule has 4 heteroatoms. The maximum Gasteiger partial charge on any atom is 0.235 e. The topological polar surface area (TPSA) is 47.4 Å². The van der Waals surface area contributed by atoms with Crippen LogP contribution in [0.3, 0.4) is 0 Å². The van der Waals surface area contributed by atoms with Gasteiger partial charge in [0.2, 0.25) is 5.90 Å². The molecule has 0 aliphatic carbocycles. The first-order valence-corrected chi connectivity index (χ1v) is 6.24. The van der Waals surface area contributed by atoms with Crippen molar-refractivity contribution in [1.82, 2.24) is 9.97 Å². The fourth-order valence-electron chi connectivity index (χ4n) is 2.33. The molecule has 19 heavy (non-hydrogen) atoms. The molecular formula is C15H11N3O. The molecule has 4 nitrogen and oxygen atoms in total. The van der Waals surface area contributed by atoms with Gasteiger partial charge in [0.05, 0.1) is 17.6 Å². The maximum absolute atomic E-state index is 5.47. The van der Waals surface area contributed by atoms with Crippen molar-refractivity contribution in [3.63, 3.8) is 0 Å². The van der Waals surface area contributed by atoms with Crippen molar-refractivity contribution in [3.8, 4) is 0 Å². The van der Waals surface area contributed by atoms with Gasteiger partial charge in [-0.2, -0.15) is 0 Å². The van der Waals surface area contributed by atoms with Crippen LogP contribution in [0.15, 0.2) is 47.6 Å². The van der Waals surface area contributed by atoms with E-state index in [0.29, 0.717) is 19.0 Å². The molecule has 0 spiro atoms. The van der Waals surface area contributed by atoms with Crippen LogP contribution in [0.25, 0.3) is 21.8 Å². The van der Waals surface area contributed by atoms with E-state index >= 15 is 0 Å². The number of hydrogen-bond donors (Lipinski definition) is 0. The number of pyridine rings is 2. The molecule has 0 saturated heterocycles. The van der Waals surface area contributed by atoms with Crippen LogP contribution in [0, 0.1) is 0 Å². The number of aromatic nitrogens is 2. The highest BCUT2D eigenvalue weighted by molar-refractivity contribution is 6.04. The SMILES string of the molecule is c1cnc2c(c1)ccc1ccc(C3=NCCO3)nc12. The molecule has 0 fully saturated rings. The Labute approximate surface area is 109 Å². The predicted molar refractivity (Wildman–Crippen MR) is 74.4 cm³/mol. The lowest BCUT2D eigenvalue weighted by Gasteiger charge is -2.05. The lowest BCUT2D eigenvalue weighted by atomic mass is 10.1. The first-order chi connectivity index (χ1) is 9.42. The lowest BCUT2D eigenvalue weighted by molar-refractivity contribution is 0.347. The minimum absolute atomic E-state index is 0.634. The average Bonchev–Trinajstić information content (AvgIpc) is 3.01. The van der Waals surface area contributed by atoms with Crippen LogP contribution in [0.5, 0.6) is 0 Å². The molecule has 1 aliphatic heterocycles. The Kier molecular flexibility index (Phi) is 2.21. The van der Waals surface area contributed by atoms with Crippen LogP contribution in [0.2, 0.25) is 0 Å². The predicted octanol–water partition coefficient (Wildman–Crippen LogP) is 2.56. The van der Waals surface area contributed by atoms with E-state index in [2.05, 4.69) is 27.1 Å². The summed E-state index contributed by atoms with van der Waals surface area (Å²) in [5.74, 6) is 0.634. The second-order valence-corrected chi connectivity index (χ2v) is 4.44. The van der Waals surface area contributed by atoms with E-state index in [9.17, 15) is 0 Å². The molecule has 0 N–H and O–H groups in total. The van der Waals surface area contributed by atoms with Gasteiger partial charge in [0.25, 0.3) is 0 Å². The fraction of sp³-hybridized carbons (Fsp3) is 0.133. The zero-order valence-corrected chi connectivity index (χ0v) is 10.2. The number of aliphatic imine (C=N–C) groups is 1. The largest absolute Gasteiger partial charge is 0.474 e. The summed E-state index contributed by atoms with van der Waals surface area (Å²) >= 11 is 0. The number of nitrogens with zero attached hydrogens (tertiary/aromatic N) is 3. The highest BCUT2D eigenvalue weighted by Crippen LogP contribution is 2.22. The van der Waals surface area contributed by atoms with E-state index in [1.54, 1.807) is 6.20 Å². The molecular weight excluding hydrogens is 238 g/mol. The minimum Gasteiger partial charge on any atom is -0.474 e. The number of ether oxygens (including phenoxy) is 1. The van der Waals surface area contributed by atoms with Crippen molar-refractivity contribution in [2.24, 2.45) is 4.99 Å². The third-order valence-electron chi connectivity index (χ3n) is 3.24. The summed E-state index contributed by atoms with van der Waals surface area (Å²) in [7, 11) is 0. The molecule has 0 amide bonds. The van der Waals surface area contributed by atoms with Gasteiger partial charge in [-0.05, 0) is 12.1 Å². The highest BCUT2D eigenvalue weighted by Gasteiger charge is 2.13. The van der Waals surface area contributed by atoms with E-state index in [4.69, 9.17) is 4.74 Å². The van der Waals surface area contributed by atoms with E-state index < -0.39 is 0 Å². The van der Waals surface area contributed by atoms with E-state index in [0.717, 1.165) is 27.5 Å². The number of hydrogen-bond acceptors (Lipinski definition) is 4. The van der Waals surface area contributed by atoms with Gasteiger partial charge in [0.1, 0.15) is 12.3 Å². The van der Waals surface area contributed by atoms with E-state index in [1.807, 2.05) is 24.3 Å². The molecule has 0 radical (unpaired) electrons. The second kappa shape index (κ2) is 4.02. The fourth-order valence-corrected chi connectivity index (χ4v) is 2.33. The minimum atomic E-state index is 0.634. The molecule has 1 aromatic carbocycles. The standard InChI is InChI=1S/C15H11N3O/c1-2-10-3-4-11-5-6-12(15-17-8-9-19-15)18-14(11)13(10)16-7-1/h1-7H,8-9H2. The Morgan fingerprint density at radius 1 is 0.947 bits per heavy atom. The van der Waals surface area contributed by atoms with Gasteiger partial charge >= 0.3 is 0 Å². The third-order valence-corrected chi connectivity index (χ3v) is 3.24. The zero-order valence-electron chi connectivity index (χ0n) is 10.2. The van der Waals surface area contributed by atoms with E-state index in [-0.39, 0.29) is 0 Å². The van der Waals surface area contributed by atoms with Gasteiger partial charge in [-0.1, -0.05) is 24.3 Å². The molecule has 0 saturated carbocycles. The third kappa shape index (κ3) is 1.64. The summed E-state index contributed by atoms with van der Waals surface area (Å²) in [4.78, 5) is 13.4. The molecule has 92 valence electrons. The summed E-state index contributed by atoms with van der Waals surface area (Å²) in [5, 5.41) is 2.17. The van der Waals surface area contributed by atoms with E-state index in [1.165, 1.54) is 0 Å². The summed E-state index contributed by atoms with van der Waals surface area (Å²) in [6.45, 7) is 1.35. The molecule has 2 aromatic heterocycles. The van der Waals surface area contributed by atoms with Crippen molar-refractivity contribution in [3.05, 3.63) is 48.3 Å². The summed E-state index contributed by atoms with van der Waals surface area (Å²) in [6, 6.07) is 12.1. The molecule has 1 aliphatic rings. The molecule has 0 unspecified atom stereocenters. The first kappa shape index (κ1) is 10.4. The quantitative estimate of drug-likeness (QED) is 0.623. The normalized spacial score (nSPS) is 14.6. The Bertz CT molecular complexity index is 811. The Morgan fingerprint density at radius 3 is 2.63 bits per heavy atom. The molecule has 3 aromatic rings. The van der Waals surface area contributed by atoms with Gasteiger partial charge in [0, 0.05) is 17.0 Å². The van der Waals surface area contributed by atoms with Crippen molar-refractivity contribution >= 4 is 27.7 Å². The Balaban J connectivity index is 2.02. The van der Waals surface area contributed by atoms with Gasteiger partial charge in [-0.25, -0.2) is 9.98 Å². The molecule has 0 bridgehead atoms. The monoisotopic (exact) mass is 249 g/mol. The van der Waals surface area contributed by atoms with Gasteiger partial charge in [-0.3, -0.25) is 4.98 Å². The highest BCUT2D eigenvalue weighted by atomic mass is 16.5. The molecule has 3 heterocycles. The first-order valence-electron chi connectivity index (χ1n) is 6.24. The zero-order chi connectivity index (χ0) is 12.7. The Hall–Kier alpha value is -2.49. The van der Waals surface area contributed by atoms with Gasteiger partial charge in [0.15, 0.2) is 0 Å². The van der Waals surface area contributed by atoms with Gasteiger partial charge < -0.3 is 4.74 Å². The van der Waals surface area contributed by atoms with Crippen LogP contribution in [0.1, 0.15) is 5.69 Å². The van der Waals surface area contributed by atoms with Crippen LogP contribution in [-0.4, -0.2) is 29.0 Å². The summed E-state index contributed by atoms with van der Waals surface area (Å²) in [6.07, 6.45) is 1.79. The average molecular weight is 249 g/mol. The summed E-state index contributed by atoms with van der Waals surface area (Å²) in [5.41, 5.74) is 2.59. The Morgan fingerprint density at radius 2 is 1.79 bits per heavy atom. The van der Waals surface area contributed by atoms with Crippen molar-refractivity contribution in [1.29, 1.82) is 0 Å². The smallest absolute Gasteiger partial charge is 0.235 e. The second-order valence-electron chi connectivity index (χ2n) is 4.44. The summed E-state index contributed by atoms with van der Waals surface area (Å²) < 4.78 is 5.47. The van der Waals surface area contributed by atoms with Crippen molar-refractivity contribution in [2.45, 2.75) is 0 Å². The van der Waals surface area contributed by atoms with Crippen LogP contribution in [0.4, 0.5) is 0 Å². The number of rotatable bonds is 1. The number of benzene rings is 1.